The van der Waals surface area contributed by atoms with Crippen molar-refractivity contribution in [2.75, 3.05) is 0 Å². The summed E-state index contributed by atoms with van der Waals surface area (Å²) in [6.07, 6.45) is 0. The first kappa shape index (κ1) is 28.1. The lowest BCUT2D eigenvalue weighted by molar-refractivity contribution is 0.667. The third kappa shape index (κ3) is 3.76. The summed E-state index contributed by atoms with van der Waals surface area (Å²) in [5.41, 5.74) is 10.7. The lowest BCUT2D eigenvalue weighted by atomic mass is 9.80. The van der Waals surface area contributed by atoms with Gasteiger partial charge in [0.05, 0.1) is 0 Å². The summed E-state index contributed by atoms with van der Waals surface area (Å²) in [6, 6.07) is 59.2. The highest BCUT2D eigenvalue weighted by Gasteiger charge is 2.37. The molecule has 0 unspecified atom stereocenters. The fraction of sp³-hybridized carbons (Fsp3) is 0.0612. The van der Waals surface area contributed by atoms with Crippen LogP contribution < -0.4 is 0 Å². The molecule has 0 nitrogen and oxygen atoms in total. The van der Waals surface area contributed by atoms with Gasteiger partial charge in [0.2, 0.25) is 0 Å². The van der Waals surface area contributed by atoms with E-state index in [9.17, 15) is 0 Å². The number of fused-ring (bicyclic) bond motifs is 11. The first-order chi connectivity index (χ1) is 24.6. The van der Waals surface area contributed by atoms with E-state index in [2.05, 4.69) is 172 Å². The van der Waals surface area contributed by atoms with Crippen LogP contribution in [0.5, 0.6) is 0 Å². The highest BCUT2D eigenvalue weighted by atomic mass is 32.1. The number of benzene rings is 9. The largest absolute Gasteiger partial charge is 0.135 e. The molecule has 0 saturated carbocycles. The molecule has 9 aromatic carbocycles. The minimum absolute atomic E-state index is 0.0648. The molecule has 0 aliphatic heterocycles. The van der Waals surface area contributed by atoms with Gasteiger partial charge in [-0.25, -0.2) is 0 Å². The summed E-state index contributed by atoms with van der Waals surface area (Å²) in [6.45, 7) is 4.80. The molecule has 0 spiro atoms. The number of rotatable bonds is 2. The van der Waals surface area contributed by atoms with Crippen molar-refractivity contribution >= 4 is 74.6 Å². The Labute approximate surface area is 294 Å². The number of thiophene rings is 1. The molecule has 50 heavy (non-hydrogen) atoms. The molecule has 0 fully saturated rings. The Morgan fingerprint density at radius 1 is 0.380 bits per heavy atom. The molecule has 0 atom stereocenters. The Bertz CT molecular complexity index is 3000. The average molecular weight is 653 g/mol. The average Bonchev–Trinajstić information content (AvgIpc) is 3.63. The molecular formula is C49H32S. The number of hydrogen-bond donors (Lipinski definition) is 0. The minimum Gasteiger partial charge on any atom is -0.135 e. The lowest BCUT2D eigenvalue weighted by Gasteiger charge is -2.23. The quantitative estimate of drug-likeness (QED) is 0.163. The van der Waals surface area contributed by atoms with Gasteiger partial charge in [-0.2, -0.15) is 0 Å². The van der Waals surface area contributed by atoms with Gasteiger partial charge in [0.25, 0.3) is 0 Å². The zero-order valence-electron chi connectivity index (χ0n) is 27.9. The van der Waals surface area contributed by atoms with E-state index in [0.29, 0.717) is 0 Å². The molecule has 1 heteroatoms. The van der Waals surface area contributed by atoms with Gasteiger partial charge in [-0.3, -0.25) is 0 Å². The van der Waals surface area contributed by atoms with E-state index in [-0.39, 0.29) is 5.41 Å². The van der Waals surface area contributed by atoms with Crippen molar-refractivity contribution < 1.29 is 0 Å². The molecule has 10 aromatic rings. The highest BCUT2D eigenvalue weighted by molar-refractivity contribution is 7.25. The van der Waals surface area contributed by atoms with Gasteiger partial charge in [-0.1, -0.05) is 147 Å². The summed E-state index contributed by atoms with van der Waals surface area (Å²) in [5, 5.41) is 13.1. The van der Waals surface area contributed by atoms with Crippen molar-refractivity contribution in [2.45, 2.75) is 19.3 Å². The van der Waals surface area contributed by atoms with E-state index >= 15 is 0 Å². The summed E-state index contributed by atoms with van der Waals surface area (Å²) in [7, 11) is 0. The van der Waals surface area contributed by atoms with Gasteiger partial charge < -0.3 is 0 Å². The van der Waals surface area contributed by atoms with Crippen molar-refractivity contribution in [2.24, 2.45) is 0 Å². The van der Waals surface area contributed by atoms with Crippen LogP contribution in [0.15, 0.2) is 158 Å². The molecule has 0 radical (unpaired) electrons. The second-order valence-corrected chi connectivity index (χ2v) is 15.5. The molecule has 0 amide bonds. The molecule has 0 bridgehead atoms. The van der Waals surface area contributed by atoms with Gasteiger partial charge in [-0.15, -0.1) is 11.3 Å². The Morgan fingerprint density at radius 2 is 0.960 bits per heavy atom. The summed E-state index contributed by atoms with van der Waals surface area (Å²) in [5.74, 6) is 0. The van der Waals surface area contributed by atoms with E-state index in [0.717, 1.165) is 0 Å². The van der Waals surface area contributed by atoms with Gasteiger partial charge in [0.1, 0.15) is 0 Å². The summed E-state index contributed by atoms with van der Waals surface area (Å²) < 4.78 is 2.70. The highest BCUT2D eigenvalue weighted by Crippen LogP contribution is 2.54. The Hall–Kier alpha value is -5.76. The van der Waals surface area contributed by atoms with E-state index in [1.165, 1.54) is 108 Å². The first-order valence-corrected chi connectivity index (χ1v) is 18.3. The maximum Gasteiger partial charge on any atom is 0.0358 e. The van der Waals surface area contributed by atoms with Crippen LogP contribution in [-0.2, 0) is 5.41 Å². The molecule has 0 saturated heterocycles. The van der Waals surface area contributed by atoms with Gasteiger partial charge >= 0.3 is 0 Å². The molecule has 1 aliphatic carbocycles. The fourth-order valence-corrected chi connectivity index (χ4v) is 10.3. The van der Waals surface area contributed by atoms with Crippen molar-refractivity contribution in [3.05, 3.63) is 169 Å². The van der Waals surface area contributed by atoms with Gasteiger partial charge in [0.15, 0.2) is 0 Å². The third-order valence-electron chi connectivity index (χ3n) is 11.4. The van der Waals surface area contributed by atoms with Crippen LogP contribution in [0, 0.1) is 0 Å². The van der Waals surface area contributed by atoms with Crippen molar-refractivity contribution in [3.63, 3.8) is 0 Å². The minimum atomic E-state index is -0.0648. The second-order valence-electron chi connectivity index (χ2n) is 14.4. The Morgan fingerprint density at radius 3 is 1.68 bits per heavy atom. The standard InChI is InChI=1S/C49H32S/c1-49(2)43-28-45-42(27-40(43)39-24-22-30-13-4-6-16-33(30)48(39)49)41-26-31(23-25-44(41)50-45)46-35-17-7-9-19-37(35)47(38-20-10-8-18-36(38)46)34-21-11-14-29-12-3-5-15-32(29)34/h3-28H,1-2H3. The molecule has 0 N–H and O–H groups in total. The Balaban J connectivity index is 1.18. The normalized spacial score (nSPS) is 13.6. The van der Waals surface area contributed by atoms with Crippen LogP contribution in [0.25, 0.3) is 96.6 Å². The summed E-state index contributed by atoms with van der Waals surface area (Å²) in [4.78, 5) is 0. The van der Waals surface area contributed by atoms with E-state index in [1.54, 1.807) is 0 Å². The molecule has 1 aromatic heterocycles. The Kier molecular flexibility index (Phi) is 5.70. The second kappa shape index (κ2) is 10.1. The van der Waals surface area contributed by atoms with Crippen LogP contribution in [-0.4, -0.2) is 0 Å². The molecule has 234 valence electrons. The third-order valence-corrected chi connectivity index (χ3v) is 12.5. The smallest absolute Gasteiger partial charge is 0.0358 e. The van der Waals surface area contributed by atoms with E-state index in [4.69, 9.17) is 0 Å². The first-order valence-electron chi connectivity index (χ1n) is 17.5. The van der Waals surface area contributed by atoms with E-state index < -0.39 is 0 Å². The fourth-order valence-electron chi connectivity index (χ4n) is 9.20. The topological polar surface area (TPSA) is 0 Å². The van der Waals surface area contributed by atoms with Crippen molar-refractivity contribution in [3.8, 4) is 33.4 Å². The van der Waals surface area contributed by atoms with Crippen LogP contribution in [0.4, 0.5) is 0 Å². The lowest BCUT2D eigenvalue weighted by Crippen LogP contribution is -2.15. The summed E-state index contributed by atoms with van der Waals surface area (Å²) >= 11 is 1.92. The zero-order chi connectivity index (χ0) is 33.1. The van der Waals surface area contributed by atoms with Crippen molar-refractivity contribution in [1.29, 1.82) is 0 Å². The molecule has 1 aliphatic rings. The predicted molar refractivity (Wildman–Crippen MR) is 218 cm³/mol. The van der Waals surface area contributed by atoms with E-state index in [1.807, 2.05) is 11.3 Å². The molecule has 1 heterocycles. The monoisotopic (exact) mass is 652 g/mol. The van der Waals surface area contributed by atoms with Crippen LogP contribution in [0.3, 0.4) is 0 Å². The maximum atomic E-state index is 2.50. The maximum absolute atomic E-state index is 2.50. The predicted octanol–water partition coefficient (Wildman–Crippen LogP) is 14.3. The SMILES string of the molecule is CC1(C)c2cc3sc4ccc(-c5c6ccccc6c(-c6cccc7ccccc67)c6ccccc56)cc4c3cc2-c2ccc3ccccc3c21. The van der Waals surface area contributed by atoms with Crippen LogP contribution in [0.2, 0.25) is 0 Å². The van der Waals surface area contributed by atoms with Gasteiger partial charge in [-0.05, 0) is 112 Å². The van der Waals surface area contributed by atoms with Crippen molar-refractivity contribution in [1.82, 2.24) is 0 Å². The molecule has 11 rings (SSSR count). The number of hydrogen-bond acceptors (Lipinski definition) is 1. The molecular weight excluding hydrogens is 621 g/mol. The zero-order valence-corrected chi connectivity index (χ0v) is 28.7. The van der Waals surface area contributed by atoms with Crippen LogP contribution in [0.1, 0.15) is 25.0 Å². The van der Waals surface area contributed by atoms with Gasteiger partial charge in [0, 0.05) is 25.6 Å². The van der Waals surface area contributed by atoms with Crippen LogP contribution >= 0.6 is 11.3 Å².